The lowest BCUT2D eigenvalue weighted by Gasteiger charge is -2.38. The maximum Gasteiger partial charge on any atom is 0.433 e. The molecule has 0 spiro atoms. The van der Waals surface area contributed by atoms with E-state index in [0.717, 1.165) is 25.1 Å². The molecule has 1 unspecified atom stereocenters. The van der Waals surface area contributed by atoms with Crippen LogP contribution in [-0.4, -0.2) is 50.4 Å². The number of hydrogen-bond acceptors (Lipinski definition) is 6. The van der Waals surface area contributed by atoms with Gasteiger partial charge in [0.05, 0.1) is 6.20 Å². The summed E-state index contributed by atoms with van der Waals surface area (Å²) in [5.74, 6) is -0.424. The molecule has 35 heavy (non-hydrogen) atoms. The van der Waals surface area contributed by atoms with Crippen molar-refractivity contribution in [3.8, 4) is 5.75 Å². The van der Waals surface area contributed by atoms with Crippen molar-refractivity contribution in [3.63, 3.8) is 0 Å². The average molecular weight is 504 g/mol. The quantitative estimate of drug-likeness (QED) is 0.482. The lowest BCUT2D eigenvalue weighted by molar-refractivity contribution is -0.153. The Balaban J connectivity index is 1.41. The first-order chi connectivity index (χ1) is 16.5. The van der Waals surface area contributed by atoms with E-state index in [1.54, 1.807) is 0 Å². The molecule has 1 saturated heterocycles. The third kappa shape index (κ3) is 4.69. The number of aromatic nitrogens is 5. The van der Waals surface area contributed by atoms with E-state index in [-0.39, 0.29) is 35.8 Å². The molecule has 0 radical (unpaired) electrons. The first kappa shape index (κ1) is 23.5. The number of pyridine rings is 1. The van der Waals surface area contributed by atoms with Gasteiger partial charge in [0, 0.05) is 19.5 Å². The topological polar surface area (TPSA) is 68.4 Å². The van der Waals surface area contributed by atoms with Crippen molar-refractivity contribution in [2.75, 3.05) is 24.6 Å². The molecule has 2 bridgehead atoms. The Kier molecular flexibility index (Phi) is 5.71. The van der Waals surface area contributed by atoms with Gasteiger partial charge in [-0.1, -0.05) is 0 Å². The first-order valence-corrected chi connectivity index (χ1v) is 10.9. The van der Waals surface area contributed by atoms with Crippen LogP contribution in [0.5, 0.6) is 5.75 Å². The molecule has 0 amide bonds. The standard InChI is InChI=1S/C21H19F7N6O/c22-14-6-29-10-30-18(14)33-7-11-1-2-12(8-33)13(11)5-17-31-19-15(35-9-20(23,24)25)3-4-16(21(26,27)28)34(19)32-17/h3-4,6,10-13H,1-2,5,7-9H2/t11-,12+,13?. The van der Waals surface area contributed by atoms with Gasteiger partial charge >= 0.3 is 12.4 Å². The Morgan fingerprint density at radius 2 is 1.74 bits per heavy atom. The number of halogens is 7. The first-order valence-electron chi connectivity index (χ1n) is 10.9. The van der Waals surface area contributed by atoms with Crippen LogP contribution in [0.4, 0.5) is 36.6 Å². The molecule has 14 heteroatoms. The molecule has 4 heterocycles. The van der Waals surface area contributed by atoms with Crippen molar-refractivity contribution < 1.29 is 35.5 Å². The third-order valence-corrected chi connectivity index (χ3v) is 6.57. The maximum absolute atomic E-state index is 14.2. The van der Waals surface area contributed by atoms with Crippen molar-refractivity contribution in [3.05, 3.63) is 42.0 Å². The molecular weight excluding hydrogens is 485 g/mol. The number of anilines is 1. The number of rotatable bonds is 5. The zero-order valence-corrected chi connectivity index (χ0v) is 18.0. The molecule has 0 N–H and O–H groups in total. The van der Waals surface area contributed by atoms with E-state index in [0.29, 0.717) is 23.7 Å². The molecule has 188 valence electrons. The molecule has 7 nitrogen and oxygen atoms in total. The van der Waals surface area contributed by atoms with Crippen LogP contribution in [0.25, 0.3) is 5.65 Å². The van der Waals surface area contributed by atoms with Gasteiger partial charge < -0.3 is 9.64 Å². The third-order valence-electron chi connectivity index (χ3n) is 6.57. The zero-order chi connectivity index (χ0) is 25.0. The van der Waals surface area contributed by atoms with Crippen LogP contribution >= 0.6 is 0 Å². The summed E-state index contributed by atoms with van der Waals surface area (Å²) in [4.78, 5) is 13.7. The van der Waals surface area contributed by atoms with Gasteiger partial charge in [0.15, 0.2) is 35.5 Å². The number of piperidine rings is 1. The van der Waals surface area contributed by atoms with E-state index >= 15 is 0 Å². The van der Waals surface area contributed by atoms with Crippen LogP contribution in [0.1, 0.15) is 24.4 Å². The summed E-state index contributed by atoms with van der Waals surface area (Å²) in [5.41, 5.74) is -1.59. The second-order valence-electron chi connectivity index (χ2n) is 8.81. The number of hydrogen-bond donors (Lipinski definition) is 0. The lowest BCUT2D eigenvalue weighted by atomic mass is 9.82. The Labute approximate surface area is 193 Å². The summed E-state index contributed by atoms with van der Waals surface area (Å²) in [7, 11) is 0. The van der Waals surface area contributed by atoms with Crippen molar-refractivity contribution in [1.29, 1.82) is 0 Å². The highest BCUT2D eigenvalue weighted by atomic mass is 19.4. The van der Waals surface area contributed by atoms with E-state index in [1.807, 2.05) is 4.90 Å². The molecule has 1 aliphatic heterocycles. The predicted molar refractivity (Wildman–Crippen MR) is 107 cm³/mol. The monoisotopic (exact) mass is 504 g/mol. The fourth-order valence-electron chi connectivity index (χ4n) is 5.15. The summed E-state index contributed by atoms with van der Waals surface area (Å²) in [6, 6.07) is 1.44. The Hall–Kier alpha value is -3.19. The highest BCUT2D eigenvalue weighted by Gasteiger charge is 2.43. The normalized spacial score (nSPS) is 22.7. The van der Waals surface area contributed by atoms with Crippen LogP contribution in [0.3, 0.4) is 0 Å². The summed E-state index contributed by atoms with van der Waals surface area (Å²) < 4.78 is 97.7. The molecule has 1 saturated carbocycles. The molecule has 3 aromatic rings. The highest BCUT2D eigenvalue weighted by Crippen LogP contribution is 2.44. The lowest BCUT2D eigenvalue weighted by Crippen LogP contribution is -2.43. The van der Waals surface area contributed by atoms with Gasteiger partial charge in [-0.25, -0.2) is 23.9 Å². The minimum atomic E-state index is -4.79. The SMILES string of the molecule is Fc1cncnc1N1C[C@H]2CC[C@@H](C1)C2Cc1nc2c(OCC(F)(F)F)ccc(C(F)(F)F)n2n1. The second-order valence-corrected chi connectivity index (χ2v) is 8.81. The van der Waals surface area contributed by atoms with Gasteiger partial charge in [0.2, 0.25) is 0 Å². The molecule has 2 fully saturated rings. The van der Waals surface area contributed by atoms with E-state index in [4.69, 9.17) is 4.74 Å². The second kappa shape index (κ2) is 8.48. The zero-order valence-electron chi connectivity index (χ0n) is 18.0. The minimum Gasteiger partial charge on any atom is -0.480 e. The fourth-order valence-corrected chi connectivity index (χ4v) is 5.15. The largest absolute Gasteiger partial charge is 0.480 e. The van der Waals surface area contributed by atoms with Crippen LogP contribution in [-0.2, 0) is 12.6 Å². The molecule has 1 aliphatic carbocycles. The number of alkyl halides is 6. The van der Waals surface area contributed by atoms with Crippen LogP contribution in [0.2, 0.25) is 0 Å². The van der Waals surface area contributed by atoms with Gasteiger partial charge in [0.25, 0.3) is 0 Å². The van der Waals surface area contributed by atoms with Gasteiger partial charge in [-0.15, -0.1) is 0 Å². The molecular formula is C21H19F7N6O. The van der Waals surface area contributed by atoms with Crippen LogP contribution in [0, 0.1) is 23.6 Å². The van der Waals surface area contributed by atoms with Gasteiger partial charge in [-0.2, -0.15) is 31.4 Å². The Morgan fingerprint density at radius 3 is 2.37 bits per heavy atom. The number of ether oxygens (including phenoxy) is 1. The van der Waals surface area contributed by atoms with Crippen molar-refractivity contribution in [1.82, 2.24) is 24.6 Å². The van der Waals surface area contributed by atoms with Gasteiger partial charge in [-0.3, -0.25) is 0 Å². The summed E-state index contributed by atoms with van der Waals surface area (Å²) in [6.07, 6.45) is -5.17. The predicted octanol–water partition coefficient (Wildman–Crippen LogP) is 4.32. The fraction of sp³-hybridized carbons (Fsp3) is 0.524. The smallest absolute Gasteiger partial charge is 0.433 e. The van der Waals surface area contributed by atoms with Gasteiger partial charge in [-0.05, 0) is 42.7 Å². The van der Waals surface area contributed by atoms with Crippen molar-refractivity contribution in [2.24, 2.45) is 17.8 Å². The number of nitrogens with zero attached hydrogens (tertiary/aromatic N) is 6. The molecule has 0 aromatic carbocycles. The Bertz CT molecular complexity index is 1210. The molecule has 5 rings (SSSR count). The maximum atomic E-state index is 14.2. The molecule has 3 atom stereocenters. The van der Waals surface area contributed by atoms with Crippen molar-refractivity contribution >= 4 is 11.5 Å². The summed E-state index contributed by atoms with van der Waals surface area (Å²) in [5, 5.41) is 4.00. The Morgan fingerprint density at radius 1 is 1.03 bits per heavy atom. The minimum absolute atomic E-state index is 0.0300. The van der Waals surface area contributed by atoms with Crippen molar-refractivity contribution in [2.45, 2.75) is 31.6 Å². The highest BCUT2D eigenvalue weighted by molar-refractivity contribution is 5.54. The van der Waals surface area contributed by atoms with Gasteiger partial charge in [0.1, 0.15) is 12.0 Å². The average Bonchev–Trinajstić information content (AvgIpc) is 3.28. The molecule has 3 aromatic heterocycles. The van der Waals surface area contributed by atoms with E-state index in [2.05, 4.69) is 20.1 Å². The van der Waals surface area contributed by atoms with E-state index in [9.17, 15) is 30.7 Å². The van der Waals surface area contributed by atoms with E-state index < -0.39 is 41.9 Å². The van der Waals surface area contributed by atoms with Crippen LogP contribution < -0.4 is 9.64 Å². The summed E-state index contributed by atoms with van der Waals surface area (Å²) >= 11 is 0. The number of fused-ring (bicyclic) bond motifs is 3. The van der Waals surface area contributed by atoms with Crippen LogP contribution in [0.15, 0.2) is 24.7 Å². The molecule has 2 aliphatic rings. The summed E-state index contributed by atoms with van der Waals surface area (Å²) in [6.45, 7) is -0.648. The van der Waals surface area contributed by atoms with E-state index in [1.165, 1.54) is 6.33 Å².